The molecule has 6 nitrogen and oxygen atoms in total. The number of halogens is 1. The van der Waals surface area contributed by atoms with E-state index in [1.807, 2.05) is 41.3 Å². The molecule has 33 heavy (non-hydrogen) atoms. The number of fused-ring (bicyclic) bond motifs is 1. The third kappa shape index (κ3) is 4.43. The average molecular weight is 465 g/mol. The van der Waals surface area contributed by atoms with Gasteiger partial charge in [-0.1, -0.05) is 65.3 Å². The number of hydrogen-bond acceptors (Lipinski definition) is 5. The van der Waals surface area contributed by atoms with Crippen molar-refractivity contribution >= 4 is 17.5 Å². The number of rotatable bonds is 6. The molecule has 2 aliphatic heterocycles. The summed E-state index contributed by atoms with van der Waals surface area (Å²) < 4.78 is 5.41. The zero-order valence-electron chi connectivity index (χ0n) is 18.8. The van der Waals surface area contributed by atoms with Gasteiger partial charge in [0.2, 0.25) is 0 Å². The quantitative estimate of drug-likeness (QED) is 0.585. The van der Waals surface area contributed by atoms with Gasteiger partial charge in [0, 0.05) is 37.8 Å². The predicted octanol–water partition coefficient (Wildman–Crippen LogP) is 4.40. The zero-order valence-corrected chi connectivity index (χ0v) is 19.5. The summed E-state index contributed by atoms with van der Waals surface area (Å²) in [7, 11) is 0. The molecule has 0 radical (unpaired) electrons. The van der Waals surface area contributed by atoms with Crippen LogP contribution in [0.25, 0.3) is 11.3 Å². The van der Waals surface area contributed by atoms with Crippen molar-refractivity contribution in [2.45, 2.75) is 19.4 Å². The van der Waals surface area contributed by atoms with E-state index < -0.39 is 0 Å². The van der Waals surface area contributed by atoms with Crippen molar-refractivity contribution in [3.8, 4) is 11.3 Å². The van der Waals surface area contributed by atoms with E-state index in [0.717, 1.165) is 44.7 Å². The first-order valence-electron chi connectivity index (χ1n) is 11.5. The molecule has 3 atom stereocenters. The highest BCUT2D eigenvalue weighted by Gasteiger charge is 2.42. The number of carbonyl (C=O) groups is 1. The number of benzene rings is 2. The Morgan fingerprint density at radius 1 is 1.09 bits per heavy atom. The number of amides is 1. The van der Waals surface area contributed by atoms with Gasteiger partial charge >= 0.3 is 0 Å². The molecule has 172 valence electrons. The molecule has 0 aliphatic carbocycles. The molecule has 0 spiro atoms. The maximum absolute atomic E-state index is 13.5. The third-order valence-corrected chi connectivity index (χ3v) is 7.37. The predicted molar refractivity (Wildman–Crippen MR) is 129 cm³/mol. The lowest BCUT2D eigenvalue weighted by Gasteiger charge is -2.23. The molecule has 7 heteroatoms. The smallest absolute Gasteiger partial charge is 0.259 e. The number of nitrogens with zero attached hydrogens (tertiary/aromatic N) is 3. The van der Waals surface area contributed by atoms with Gasteiger partial charge in [0.15, 0.2) is 0 Å². The van der Waals surface area contributed by atoms with Crippen LogP contribution in [0.1, 0.15) is 34.1 Å². The van der Waals surface area contributed by atoms with Crippen LogP contribution < -0.4 is 5.73 Å². The Morgan fingerprint density at radius 2 is 1.76 bits per heavy atom. The van der Waals surface area contributed by atoms with E-state index in [-0.39, 0.29) is 11.9 Å². The minimum absolute atomic E-state index is 0.0179. The molecule has 5 rings (SSSR count). The van der Waals surface area contributed by atoms with Crippen molar-refractivity contribution in [3.05, 3.63) is 76.5 Å². The van der Waals surface area contributed by atoms with Crippen LogP contribution in [0, 0.1) is 18.8 Å². The fraction of sp³-hybridized carbons (Fsp3) is 0.385. The third-order valence-electron chi connectivity index (χ3n) is 7.04. The van der Waals surface area contributed by atoms with Crippen molar-refractivity contribution in [2.24, 2.45) is 17.6 Å². The molecule has 0 saturated carbocycles. The Hall–Kier alpha value is -2.67. The van der Waals surface area contributed by atoms with Gasteiger partial charge in [0.25, 0.3) is 5.91 Å². The second-order valence-electron chi connectivity index (χ2n) is 9.24. The fourth-order valence-electron chi connectivity index (χ4n) is 5.25. The molecule has 3 heterocycles. The molecule has 0 bridgehead atoms. The summed E-state index contributed by atoms with van der Waals surface area (Å²) in [5.41, 5.74) is 9.34. The number of likely N-dealkylation sites (tertiary alicyclic amines) is 2. The minimum atomic E-state index is -0.0179. The standard InChI is InChI=1S/C26H29ClN4O2/c1-17-24(25(29-33-17)21-9-5-6-10-22(21)27)26(32)31-15-19-13-30(14-20(19)16-31)12-11-23(28)18-7-3-2-4-8-18/h2-10,19-20,23H,11-16,28H2,1H3/t19?,20?,23-/m0/s1. The van der Waals surface area contributed by atoms with Gasteiger partial charge in [-0.2, -0.15) is 0 Å². The SMILES string of the molecule is Cc1onc(-c2ccccc2Cl)c1C(=O)N1CC2CN(CC[C@H](N)c3ccccc3)CC2C1. The van der Waals surface area contributed by atoms with E-state index >= 15 is 0 Å². The van der Waals surface area contributed by atoms with Crippen molar-refractivity contribution in [3.63, 3.8) is 0 Å². The average Bonchev–Trinajstić information content (AvgIpc) is 3.51. The molecule has 1 aromatic heterocycles. The first-order chi connectivity index (χ1) is 16.0. The second-order valence-corrected chi connectivity index (χ2v) is 9.65. The molecule has 2 saturated heterocycles. The molecule has 2 fully saturated rings. The number of hydrogen-bond donors (Lipinski definition) is 1. The van der Waals surface area contributed by atoms with E-state index in [4.69, 9.17) is 21.9 Å². The zero-order chi connectivity index (χ0) is 22.9. The number of nitrogens with two attached hydrogens (primary N) is 1. The maximum atomic E-state index is 13.5. The van der Waals surface area contributed by atoms with Crippen molar-refractivity contribution in [2.75, 3.05) is 32.7 Å². The highest BCUT2D eigenvalue weighted by Crippen LogP contribution is 2.36. The summed E-state index contributed by atoms with van der Waals surface area (Å²) in [4.78, 5) is 17.9. The number of aryl methyl sites for hydroxylation is 1. The first-order valence-corrected chi connectivity index (χ1v) is 11.9. The van der Waals surface area contributed by atoms with Crippen molar-refractivity contribution in [1.29, 1.82) is 0 Å². The van der Waals surface area contributed by atoms with Gasteiger partial charge in [0.1, 0.15) is 17.0 Å². The Kier molecular flexibility index (Phi) is 6.23. The summed E-state index contributed by atoms with van der Waals surface area (Å²) in [5.74, 6) is 1.50. The number of carbonyl (C=O) groups excluding carboxylic acids is 1. The lowest BCUT2D eigenvalue weighted by atomic mass is 10.0. The largest absolute Gasteiger partial charge is 0.360 e. The molecule has 2 aromatic carbocycles. The molecular formula is C26H29ClN4O2. The van der Waals surface area contributed by atoms with Gasteiger partial charge in [-0.3, -0.25) is 4.79 Å². The van der Waals surface area contributed by atoms with Crippen LogP contribution in [0.15, 0.2) is 59.1 Å². The van der Waals surface area contributed by atoms with E-state index in [1.54, 1.807) is 13.0 Å². The number of aromatic nitrogens is 1. The van der Waals surface area contributed by atoms with Crippen molar-refractivity contribution in [1.82, 2.24) is 15.0 Å². The highest BCUT2D eigenvalue weighted by molar-refractivity contribution is 6.33. The molecular weight excluding hydrogens is 436 g/mol. The Labute approximate surface area is 199 Å². The van der Waals surface area contributed by atoms with Gasteiger partial charge in [-0.25, -0.2) is 0 Å². The van der Waals surface area contributed by atoms with Crippen LogP contribution in [-0.4, -0.2) is 53.6 Å². The highest BCUT2D eigenvalue weighted by atomic mass is 35.5. The summed E-state index contributed by atoms with van der Waals surface area (Å²) in [6, 6.07) is 17.8. The van der Waals surface area contributed by atoms with Crippen LogP contribution in [0.3, 0.4) is 0 Å². The van der Waals surface area contributed by atoms with Crippen LogP contribution >= 0.6 is 11.6 Å². The lowest BCUT2D eigenvalue weighted by molar-refractivity contribution is 0.0773. The van der Waals surface area contributed by atoms with Gasteiger partial charge in [0.05, 0.1) is 5.02 Å². The molecule has 3 aromatic rings. The molecule has 1 amide bonds. The van der Waals surface area contributed by atoms with Crippen LogP contribution in [0.2, 0.25) is 5.02 Å². The molecule has 2 aliphatic rings. The van der Waals surface area contributed by atoms with E-state index in [2.05, 4.69) is 22.2 Å². The minimum Gasteiger partial charge on any atom is -0.360 e. The van der Waals surface area contributed by atoms with E-state index in [9.17, 15) is 4.79 Å². The topological polar surface area (TPSA) is 75.6 Å². The van der Waals surface area contributed by atoms with Gasteiger partial charge in [-0.05, 0) is 43.4 Å². The monoisotopic (exact) mass is 464 g/mol. The van der Waals surface area contributed by atoms with Gasteiger partial charge < -0.3 is 20.1 Å². The Morgan fingerprint density at radius 3 is 2.45 bits per heavy atom. The van der Waals surface area contributed by atoms with E-state index in [1.165, 1.54) is 5.56 Å². The Bertz CT molecular complexity index is 1120. The van der Waals surface area contributed by atoms with Gasteiger partial charge in [-0.15, -0.1) is 0 Å². The van der Waals surface area contributed by atoms with Crippen LogP contribution in [0.4, 0.5) is 0 Å². The van der Waals surface area contributed by atoms with E-state index in [0.29, 0.717) is 33.9 Å². The van der Waals surface area contributed by atoms with Crippen molar-refractivity contribution < 1.29 is 9.32 Å². The summed E-state index contributed by atoms with van der Waals surface area (Å²) in [6.07, 6.45) is 0.938. The Balaban J connectivity index is 1.21. The second kappa shape index (κ2) is 9.29. The summed E-state index contributed by atoms with van der Waals surface area (Å²) >= 11 is 6.37. The summed E-state index contributed by atoms with van der Waals surface area (Å²) in [5, 5.41) is 4.72. The normalized spacial score (nSPS) is 21.4. The summed E-state index contributed by atoms with van der Waals surface area (Å²) in [6.45, 7) is 6.31. The molecule has 2 unspecified atom stereocenters. The van der Waals surface area contributed by atoms with Crippen LogP contribution in [-0.2, 0) is 0 Å². The van der Waals surface area contributed by atoms with Crippen LogP contribution in [0.5, 0.6) is 0 Å². The fourth-order valence-corrected chi connectivity index (χ4v) is 5.47. The lowest BCUT2D eigenvalue weighted by Crippen LogP contribution is -2.34. The first kappa shape index (κ1) is 22.1. The molecule has 2 N–H and O–H groups in total. The maximum Gasteiger partial charge on any atom is 0.259 e.